The van der Waals surface area contributed by atoms with Gasteiger partial charge in [0.15, 0.2) is 0 Å². The number of piperidine rings is 1. The van der Waals surface area contributed by atoms with E-state index in [-0.39, 0.29) is 36.5 Å². The minimum absolute atomic E-state index is 0. The highest BCUT2D eigenvalue weighted by Gasteiger charge is 2.32. The summed E-state index contributed by atoms with van der Waals surface area (Å²) in [6, 6.07) is 5.88. The summed E-state index contributed by atoms with van der Waals surface area (Å²) in [5.41, 5.74) is 0.333. The van der Waals surface area contributed by atoms with E-state index in [1.54, 1.807) is 13.1 Å². The van der Waals surface area contributed by atoms with Crippen molar-refractivity contribution in [2.24, 2.45) is 5.92 Å². The van der Waals surface area contributed by atoms with Crippen molar-refractivity contribution in [3.8, 4) is 5.75 Å². The SMILES string of the molecule is CN(Cc1ccccc1OC(F)(F)F)C(=O)C1CCCNC1.Cl. The Hall–Kier alpha value is -1.47. The van der Waals surface area contributed by atoms with Gasteiger partial charge in [0, 0.05) is 25.7 Å². The van der Waals surface area contributed by atoms with E-state index in [9.17, 15) is 18.0 Å². The molecule has 4 nitrogen and oxygen atoms in total. The van der Waals surface area contributed by atoms with Crippen molar-refractivity contribution in [1.82, 2.24) is 10.2 Å². The van der Waals surface area contributed by atoms with Crippen LogP contribution in [0.5, 0.6) is 5.75 Å². The van der Waals surface area contributed by atoms with E-state index in [0.29, 0.717) is 12.1 Å². The third-order valence-electron chi connectivity index (χ3n) is 3.63. The van der Waals surface area contributed by atoms with Crippen LogP contribution in [0.1, 0.15) is 18.4 Å². The zero-order valence-electron chi connectivity index (χ0n) is 12.7. The summed E-state index contributed by atoms with van der Waals surface area (Å²) in [6.45, 7) is 1.60. The second-order valence-corrected chi connectivity index (χ2v) is 5.39. The van der Waals surface area contributed by atoms with Gasteiger partial charge in [0.05, 0.1) is 5.92 Å². The van der Waals surface area contributed by atoms with Crippen molar-refractivity contribution in [3.63, 3.8) is 0 Å². The molecule has 0 radical (unpaired) electrons. The van der Waals surface area contributed by atoms with Crippen molar-refractivity contribution in [1.29, 1.82) is 0 Å². The Labute approximate surface area is 139 Å². The predicted octanol–water partition coefficient (Wildman–Crippen LogP) is 2.97. The molecule has 1 fully saturated rings. The van der Waals surface area contributed by atoms with Gasteiger partial charge in [0.2, 0.25) is 5.91 Å². The predicted molar refractivity (Wildman–Crippen MR) is 82.4 cm³/mol. The van der Waals surface area contributed by atoms with Crippen molar-refractivity contribution in [2.75, 3.05) is 20.1 Å². The molecule has 0 bridgehead atoms. The third kappa shape index (κ3) is 5.91. The molecule has 8 heteroatoms. The van der Waals surface area contributed by atoms with Crippen LogP contribution in [0.3, 0.4) is 0 Å². The number of para-hydroxylation sites is 1. The van der Waals surface area contributed by atoms with Crippen LogP contribution in [0.25, 0.3) is 0 Å². The smallest absolute Gasteiger partial charge is 0.405 e. The standard InChI is InChI=1S/C15H19F3N2O2.ClH/c1-20(14(21)11-6-4-8-19-9-11)10-12-5-2-3-7-13(12)22-15(16,17)18;/h2-3,5,7,11,19H,4,6,8-10H2,1H3;1H. The number of hydrogen-bond acceptors (Lipinski definition) is 3. The highest BCUT2D eigenvalue weighted by Crippen LogP contribution is 2.27. The molecule has 130 valence electrons. The number of alkyl halides is 3. The summed E-state index contributed by atoms with van der Waals surface area (Å²) in [7, 11) is 1.60. The molecule has 1 aromatic rings. The first-order valence-electron chi connectivity index (χ1n) is 7.16. The Morgan fingerprint density at radius 3 is 2.70 bits per heavy atom. The molecule has 0 aliphatic carbocycles. The maximum Gasteiger partial charge on any atom is 0.573 e. The molecule has 2 rings (SSSR count). The number of amides is 1. The van der Waals surface area contributed by atoms with E-state index < -0.39 is 6.36 Å². The number of benzene rings is 1. The number of nitrogens with zero attached hydrogens (tertiary/aromatic N) is 1. The lowest BCUT2D eigenvalue weighted by Gasteiger charge is -2.27. The molecule has 1 aliphatic heterocycles. The molecule has 0 spiro atoms. The Bertz CT molecular complexity index is 520. The number of nitrogens with one attached hydrogen (secondary N) is 1. The van der Waals surface area contributed by atoms with E-state index >= 15 is 0 Å². The van der Waals surface area contributed by atoms with Crippen molar-refractivity contribution >= 4 is 18.3 Å². The minimum atomic E-state index is -4.74. The lowest BCUT2D eigenvalue weighted by Crippen LogP contribution is -2.41. The van der Waals surface area contributed by atoms with Gasteiger partial charge in [-0.1, -0.05) is 18.2 Å². The molecule has 1 amide bonds. The molecule has 1 aromatic carbocycles. The maximum absolute atomic E-state index is 12.4. The normalized spacial score (nSPS) is 18.0. The van der Waals surface area contributed by atoms with Crippen LogP contribution in [-0.4, -0.2) is 37.3 Å². The molecule has 1 unspecified atom stereocenters. The van der Waals surface area contributed by atoms with Crippen molar-refractivity contribution < 1.29 is 22.7 Å². The average molecular weight is 353 g/mol. The molecular weight excluding hydrogens is 333 g/mol. The van der Waals surface area contributed by atoms with Gasteiger partial charge in [0.1, 0.15) is 5.75 Å². The molecule has 1 heterocycles. The van der Waals surface area contributed by atoms with Crippen LogP contribution in [-0.2, 0) is 11.3 Å². The van der Waals surface area contributed by atoms with Gasteiger partial charge in [-0.3, -0.25) is 4.79 Å². The summed E-state index contributed by atoms with van der Waals surface area (Å²) < 4.78 is 41.2. The fourth-order valence-corrected chi connectivity index (χ4v) is 2.57. The van der Waals surface area contributed by atoms with E-state index in [0.717, 1.165) is 19.4 Å². The molecule has 1 atom stereocenters. The number of carbonyl (C=O) groups excluding carboxylic acids is 1. The number of rotatable bonds is 4. The second-order valence-electron chi connectivity index (χ2n) is 5.39. The largest absolute Gasteiger partial charge is 0.573 e. The first-order chi connectivity index (χ1) is 10.4. The number of ether oxygens (including phenoxy) is 1. The van der Waals surface area contributed by atoms with Gasteiger partial charge in [-0.25, -0.2) is 0 Å². The van der Waals surface area contributed by atoms with Crippen molar-refractivity contribution in [2.45, 2.75) is 25.7 Å². The zero-order valence-corrected chi connectivity index (χ0v) is 13.5. The van der Waals surface area contributed by atoms with Gasteiger partial charge in [-0.2, -0.15) is 0 Å². The monoisotopic (exact) mass is 352 g/mol. The summed E-state index contributed by atoms with van der Waals surface area (Å²) in [4.78, 5) is 13.8. The van der Waals surface area contributed by atoms with Crippen LogP contribution in [0.15, 0.2) is 24.3 Å². The van der Waals surface area contributed by atoms with Gasteiger partial charge in [-0.05, 0) is 25.5 Å². The molecular formula is C15H20ClF3N2O2. The second kappa shape index (κ2) is 8.40. The van der Waals surface area contributed by atoms with E-state index in [4.69, 9.17) is 0 Å². The van der Waals surface area contributed by atoms with E-state index in [1.807, 2.05) is 0 Å². The number of hydrogen-bond donors (Lipinski definition) is 1. The maximum atomic E-state index is 12.4. The molecule has 0 saturated carbocycles. The summed E-state index contributed by atoms with van der Waals surface area (Å²) >= 11 is 0. The van der Waals surface area contributed by atoms with Crippen LogP contribution in [0.4, 0.5) is 13.2 Å². The first-order valence-corrected chi connectivity index (χ1v) is 7.16. The summed E-state index contributed by atoms with van der Waals surface area (Å²) in [5.74, 6) is -0.445. The van der Waals surface area contributed by atoms with Gasteiger partial charge < -0.3 is 15.0 Å². The first kappa shape index (κ1) is 19.6. The Kier molecular flexibility index (Phi) is 7.15. The van der Waals surface area contributed by atoms with Gasteiger partial charge in [-0.15, -0.1) is 25.6 Å². The highest BCUT2D eigenvalue weighted by molar-refractivity contribution is 5.85. The molecule has 1 aliphatic rings. The molecule has 1 saturated heterocycles. The van der Waals surface area contributed by atoms with Gasteiger partial charge in [0.25, 0.3) is 0 Å². The Morgan fingerprint density at radius 2 is 2.09 bits per heavy atom. The Balaban J connectivity index is 0.00000264. The summed E-state index contributed by atoms with van der Waals surface area (Å²) in [5, 5.41) is 3.16. The summed E-state index contributed by atoms with van der Waals surface area (Å²) in [6.07, 6.45) is -3.01. The molecule has 23 heavy (non-hydrogen) atoms. The van der Waals surface area contributed by atoms with Crippen LogP contribution >= 0.6 is 12.4 Å². The fraction of sp³-hybridized carbons (Fsp3) is 0.533. The van der Waals surface area contributed by atoms with E-state index in [1.165, 1.54) is 23.1 Å². The lowest BCUT2D eigenvalue weighted by molar-refractivity contribution is -0.275. The topological polar surface area (TPSA) is 41.6 Å². The molecule has 1 N–H and O–H groups in total. The van der Waals surface area contributed by atoms with Crippen LogP contribution < -0.4 is 10.1 Å². The average Bonchev–Trinajstić information content (AvgIpc) is 2.48. The fourth-order valence-electron chi connectivity index (χ4n) is 2.57. The third-order valence-corrected chi connectivity index (χ3v) is 3.63. The van der Waals surface area contributed by atoms with Crippen LogP contribution in [0.2, 0.25) is 0 Å². The number of carbonyl (C=O) groups is 1. The molecule has 0 aromatic heterocycles. The van der Waals surface area contributed by atoms with Crippen molar-refractivity contribution in [3.05, 3.63) is 29.8 Å². The minimum Gasteiger partial charge on any atom is -0.405 e. The Morgan fingerprint density at radius 1 is 1.39 bits per heavy atom. The quantitative estimate of drug-likeness (QED) is 0.905. The lowest BCUT2D eigenvalue weighted by atomic mass is 9.98. The van der Waals surface area contributed by atoms with Crippen LogP contribution in [0, 0.1) is 5.92 Å². The van der Waals surface area contributed by atoms with Gasteiger partial charge >= 0.3 is 6.36 Å². The number of halogens is 4. The highest BCUT2D eigenvalue weighted by atomic mass is 35.5. The zero-order chi connectivity index (χ0) is 16.2. The van der Waals surface area contributed by atoms with E-state index in [2.05, 4.69) is 10.1 Å².